The van der Waals surface area contributed by atoms with Gasteiger partial charge in [-0.05, 0) is 113 Å². The highest BCUT2D eigenvalue weighted by atomic mass is 35.5. The maximum absolute atomic E-state index is 15.5. The molecule has 0 bridgehead atoms. The lowest BCUT2D eigenvalue weighted by Crippen LogP contribution is -2.61. The first kappa shape index (κ1) is 88.1. The fourth-order valence-electron chi connectivity index (χ4n) is 13.6. The predicted molar refractivity (Wildman–Crippen MR) is 428 cm³/mol. The highest BCUT2D eigenvalue weighted by molar-refractivity contribution is 6.30. The van der Waals surface area contributed by atoms with Crippen molar-refractivity contribution in [3.8, 4) is 0 Å². The van der Waals surface area contributed by atoms with Crippen molar-refractivity contribution < 1.29 is 68.0 Å². The molecule has 113 heavy (non-hydrogen) atoms. The second kappa shape index (κ2) is 44.7. The minimum atomic E-state index is -1.79. The van der Waals surface area contributed by atoms with Crippen molar-refractivity contribution in [2.24, 2.45) is 33.8 Å². The zero-order chi connectivity index (χ0) is 81.5. The molecule has 0 spiro atoms. The predicted octanol–water partition coefficient (Wildman–Crippen LogP) is 0.419. The van der Waals surface area contributed by atoms with Crippen LogP contribution in [0.25, 0.3) is 10.8 Å². The molecule has 10 atom stereocenters. The normalized spacial score (nSPS) is 16.1. The zero-order valence-electron chi connectivity index (χ0n) is 64.3. The second-order valence-corrected chi connectivity index (χ2v) is 29.6. The molecular weight excluding hydrogens is 1470 g/mol. The van der Waals surface area contributed by atoms with E-state index < -0.39 is 126 Å². The summed E-state index contributed by atoms with van der Waals surface area (Å²) in [4.78, 5) is 154. The smallest absolute Gasteiger partial charge is 0.245 e. The van der Waals surface area contributed by atoms with Crippen molar-refractivity contribution in [2.45, 2.75) is 158 Å². The number of guanidine groups is 1. The molecule has 8 rings (SSSR count). The number of hydrogen-bond acceptors (Lipinski definition) is 18. The van der Waals surface area contributed by atoms with E-state index in [0.717, 1.165) is 27.5 Å². The van der Waals surface area contributed by atoms with Crippen molar-refractivity contribution in [3.05, 3.63) is 190 Å². The van der Waals surface area contributed by atoms with Gasteiger partial charge in [0.05, 0.1) is 39.1 Å². The Kier molecular flexibility index (Phi) is 34.9. The Morgan fingerprint density at radius 2 is 0.982 bits per heavy atom. The Morgan fingerprint density at radius 3 is 1.51 bits per heavy atom. The molecule has 2 heterocycles. The minimum Gasteiger partial charge on any atom is -0.395 e. The Labute approximate surface area is 663 Å². The number of primary amides is 1. The number of ether oxygens (including phenoxy) is 1. The molecule has 2 fully saturated rings. The van der Waals surface area contributed by atoms with Crippen molar-refractivity contribution in [3.63, 3.8) is 0 Å². The molecule has 608 valence electrons. The first-order chi connectivity index (χ1) is 54.3. The number of nitrogens with two attached hydrogens (primary N) is 4. The summed E-state index contributed by atoms with van der Waals surface area (Å²) in [5, 5.41) is 55.1. The van der Waals surface area contributed by atoms with Crippen LogP contribution in [0, 0.1) is 5.92 Å². The van der Waals surface area contributed by atoms with Crippen LogP contribution >= 0.6 is 11.6 Å². The summed E-state index contributed by atoms with van der Waals surface area (Å²) >= 11 is 6.27. The van der Waals surface area contributed by atoms with Crippen LogP contribution in [0.4, 0.5) is 0 Å². The molecule has 6 aromatic rings. The largest absolute Gasteiger partial charge is 0.395 e. The molecular formula is C82H109ClN16O14. The molecule has 2 saturated heterocycles. The van der Waals surface area contributed by atoms with Crippen LogP contribution in [0.1, 0.15) is 91.8 Å². The van der Waals surface area contributed by atoms with Gasteiger partial charge in [-0.3, -0.25) is 62.7 Å². The van der Waals surface area contributed by atoms with Gasteiger partial charge in [-0.2, -0.15) is 0 Å². The van der Waals surface area contributed by atoms with E-state index in [1.165, 1.54) is 11.8 Å². The van der Waals surface area contributed by atoms with Gasteiger partial charge in [-0.15, -0.1) is 0 Å². The van der Waals surface area contributed by atoms with Crippen LogP contribution in [-0.2, 0) is 97.9 Å². The highest BCUT2D eigenvalue weighted by Gasteiger charge is 2.40. The standard InChI is InChI=1S/C82H109ClN16O14/c1-51(2)41-65(74(105)90-64(15-9-31-88-82(86)87)81(112)99-32-10-16-71(99)80(111)89-52(3)72(85)103)92-76(107)68(45-54-17-21-57(22-18-54)48-97(33-37-100)34-38-101)94-77(108)69(46-55-19-23-58(24-20-55)49-98-35-39-113-40-36-98)95-79(110)70(50-102)96-78(109)67(44-53-11-5-4-6-12-53)93-75(106)66(47-56-26-29-62(83)30-27-56)91-73(104)63(84)43-59-25-28-60-13-7-8-14-61(60)42-59/h4-8,11-14,17-30,42,51-52,63-71,100-102H,9-10,15-16,31-41,43-50,84H2,1-3H3,(H2,85,103)(H,89,111)(H,90,105)(H,91,104)(H,92,107)(H,93,106)(H,94,108)(H,95,110)(H,96,109)(H4,86,87,88)/t52-,63-,64+,65+,66-,67-,68-,69+,70+,71+/m1/s1. The van der Waals surface area contributed by atoms with E-state index in [-0.39, 0.29) is 109 Å². The number of carbonyl (C=O) groups excluding carboxylic acids is 10. The quantitative estimate of drug-likeness (QED) is 0.0140. The molecule has 2 aliphatic heterocycles. The van der Waals surface area contributed by atoms with Gasteiger partial charge in [0, 0.05) is 83.1 Å². The number of fused-ring (bicyclic) bond motifs is 1. The lowest BCUT2D eigenvalue weighted by atomic mass is 9.99. The van der Waals surface area contributed by atoms with E-state index in [1.807, 2.05) is 73.3 Å². The second-order valence-electron chi connectivity index (χ2n) is 29.2. The number of benzene rings is 6. The van der Waals surface area contributed by atoms with Crippen molar-refractivity contribution >= 4 is 87.4 Å². The monoisotopic (exact) mass is 1580 g/mol. The first-order valence-corrected chi connectivity index (χ1v) is 38.7. The summed E-state index contributed by atoms with van der Waals surface area (Å²) in [5.41, 5.74) is 28.0. The Bertz CT molecular complexity index is 4170. The lowest BCUT2D eigenvalue weighted by molar-refractivity contribution is -0.142. The average Bonchev–Trinajstić information content (AvgIpc) is 1.80. The number of aliphatic imine (C=N–C) groups is 1. The number of nitrogens with zero attached hydrogens (tertiary/aromatic N) is 4. The van der Waals surface area contributed by atoms with Gasteiger partial charge in [-0.1, -0.05) is 159 Å². The van der Waals surface area contributed by atoms with E-state index in [2.05, 4.69) is 52.4 Å². The van der Waals surface area contributed by atoms with Gasteiger partial charge in [0.15, 0.2) is 5.96 Å². The summed E-state index contributed by atoms with van der Waals surface area (Å²) in [6, 6.07) is 29.6. The van der Waals surface area contributed by atoms with E-state index in [1.54, 1.807) is 91.0 Å². The van der Waals surface area contributed by atoms with Gasteiger partial charge >= 0.3 is 0 Å². The molecule has 31 heteroatoms. The van der Waals surface area contributed by atoms with Crippen molar-refractivity contribution in [1.29, 1.82) is 0 Å². The van der Waals surface area contributed by atoms with Gasteiger partial charge in [-0.25, -0.2) is 0 Å². The molecule has 10 amide bonds. The molecule has 6 aromatic carbocycles. The van der Waals surface area contributed by atoms with Crippen molar-refractivity contribution in [2.75, 3.05) is 72.3 Å². The minimum absolute atomic E-state index is 0.00668. The Balaban J connectivity index is 1.09. The van der Waals surface area contributed by atoms with E-state index in [4.69, 9.17) is 39.3 Å². The fraction of sp³-hybridized carbons (Fsp3) is 0.451. The number of halogens is 1. The van der Waals surface area contributed by atoms with Crippen LogP contribution in [0.5, 0.6) is 0 Å². The molecule has 30 nitrogen and oxygen atoms in total. The van der Waals surface area contributed by atoms with Crippen LogP contribution in [-0.4, -0.2) is 228 Å². The molecule has 0 aliphatic carbocycles. The molecule has 2 aliphatic rings. The number of amides is 10. The molecule has 0 unspecified atom stereocenters. The van der Waals surface area contributed by atoms with E-state index in [9.17, 15) is 48.9 Å². The van der Waals surface area contributed by atoms with Crippen LogP contribution in [0.2, 0.25) is 5.02 Å². The number of morpholine rings is 1. The maximum atomic E-state index is 15.5. The van der Waals surface area contributed by atoms with Gasteiger partial charge < -0.3 is 90.4 Å². The SMILES string of the molecule is CC(C)C[C@H](NC(=O)[C@@H](Cc1ccc(CN(CCO)CCO)cc1)NC(=O)[C@H](Cc1ccc(CN2CCOCC2)cc1)NC(=O)[C@H](CO)NC(=O)[C@@H](Cc1ccccc1)NC(=O)[C@@H](Cc1ccc(Cl)cc1)NC(=O)[C@H](N)Cc1ccc2ccccc2c1)C(=O)N[C@@H](CCCN=C(N)N)C(=O)N1CCC[C@H]1C(=O)N[C@H](C)C(N)=O. The van der Waals surface area contributed by atoms with Gasteiger partial charge in [0.2, 0.25) is 59.1 Å². The third-order valence-corrected chi connectivity index (χ3v) is 20.0. The maximum Gasteiger partial charge on any atom is 0.245 e. The molecule has 0 saturated carbocycles. The molecule has 0 aromatic heterocycles. The van der Waals surface area contributed by atoms with Crippen LogP contribution < -0.4 is 65.5 Å². The number of hydrogen-bond donors (Lipinski definition) is 15. The number of nitrogens with one attached hydrogen (secondary N) is 8. The Hall–Kier alpha value is -10.4. The van der Waals surface area contributed by atoms with Crippen molar-refractivity contribution in [1.82, 2.24) is 57.2 Å². The van der Waals surface area contributed by atoms with Crippen LogP contribution in [0.3, 0.4) is 0 Å². The summed E-state index contributed by atoms with van der Waals surface area (Å²) in [6.07, 6.45) is 0.298. The Morgan fingerprint density at radius 1 is 0.522 bits per heavy atom. The summed E-state index contributed by atoms with van der Waals surface area (Å²) in [5.74, 6) is -8.51. The number of carbonyl (C=O) groups is 10. The van der Waals surface area contributed by atoms with Crippen LogP contribution in [0.15, 0.2) is 151 Å². The summed E-state index contributed by atoms with van der Waals surface area (Å²) in [6.45, 7) is 7.93. The van der Waals surface area contributed by atoms with E-state index in [0.29, 0.717) is 73.1 Å². The molecule has 0 radical (unpaired) electrons. The average molecular weight is 1580 g/mol. The lowest BCUT2D eigenvalue weighted by Gasteiger charge is -2.31. The fourth-order valence-corrected chi connectivity index (χ4v) is 13.7. The highest BCUT2D eigenvalue weighted by Crippen LogP contribution is 2.23. The summed E-state index contributed by atoms with van der Waals surface area (Å²) < 4.78 is 5.56. The van der Waals surface area contributed by atoms with Gasteiger partial charge in [0.25, 0.3) is 0 Å². The van der Waals surface area contributed by atoms with E-state index >= 15 is 14.4 Å². The number of rotatable bonds is 43. The number of aliphatic hydroxyl groups excluding tert-OH is 3. The number of aliphatic hydroxyl groups is 3. The zero-order valence-corrected chi connectivity index (χ0v) is 65.0. The molecule has 19 N–H and O–H groups in total. The third kappa shape index (κ3) is 28.3. The topological polar surface area (TPSA) is 463 Å². The number of likely N-dealkylation sites (tertiary alicyclic amines) is 1. The summed E-state index contributed by atoms with van der Waals surface area (Å²) in [7, 11) is 0. The third-order valence-electron chi connectivity index (χ3n) is 19.8. The van der Waals surface area contributed by atoms with Gasteiger partial charge in [0.1, 0.15) is 54.4 Å². The first-order valence-electron chi connectivity index (χ1n) is 38.4.